The first-order valence-electron chi connectivity index (χ1n) is 14.2. The Morgan fingerprint density at radius 2 is 1.50 bits per heavy atom. The molecule has 5 aliphatic carbocycles. The molecule has 0 aromatic rings. The minimum absolute atomic E-state index is 0.00540. The fraction of sp³-hybridized carbons (Fsp3) is 0.867. The Labute approximate surface area is 215 Å². The van der Waals surface area contributed by atoms with Gasteiger partial charge in [0.05, 0.1) is 23.5 Å². The van der Waals surface area contributed by atoms with Gasteiger partial charge in [-0.3, -0.25) is 9.59 Å². The number of carboxylic acid groups (broad SMARTS) is 2. The monoisotopic (exact) mass is 502 g/mol. The summed E-state index contributed by atoms with van der Waals surface area (Å²) in [6.07, 6.45) is 7.16. The molecule has 0 heterocycles. The molecule has 0 radical (unpaired) electrons. The molecule has 0 saturated heterocycles. The highest BCUT2D eigenvalue weighted by Crippen LogP contribution is 2.77. The van der Waals surface area contributed by atoms with E-state index in [1.807, 2.05) is 0 Å². The molecule has 5 fully saturated rings. The van der Waals surface area contributed by atoms with Crippen LogP contribution in [0, 0.1) is 56.7 Å². The lowest BCUT2D eigenvalue weighted by molar-refractivity contribution is -0.251. The Hall–Kier alpha value is -1.40. The average Bonchev–Trinajstić information content (AvgIpc) is 3.22. The lowest BCUT2D eigenvalue weighted by atomic mass is 9.32. The minimum Gasteiger partial charge on any atom is -0.481 e. The molecule has 202 valence electrons. The van der Waals surface area contributed by atoms with Crippen molar-refractivity contribution in [1.82, 2.24) is 0 Å². The largest absolute Gasteiger partial charge is 0.481 e. The van der Waals surface area contributed by atoms with Crippen LogP contribution < -0.4 is 0 Å². The van der Waals surface area contributed by atoms with Gasteiger partial charge in [0.25, 0.3) is 0 Å². The summed E-state index contributed by atoms with van der Waals surface area (Å²) in [5.74, 6) is -0.996. The van der Waals surface area contributed by atoms with E-state index in [4.69, 9.17) is 0 Å². The van der Waals surface area contributed by atoms with Gasteiger partial charge in [-0.05, 0) is 123 Å². The quantitative estimate of drug-likeness (QED) is 0.396. The number of fused-ring (bicyclic) bond motifs is 7. The SMILES string of the molecule is C=C(CO)[C@@H]1CC[C@]2(C(=O)O)CC[C@]3(C)[C@H](CC[C@@H]4[C@@]5(C)CC[C@@H](O)[C@](C)(C(=O)O)[C@@H]5CC[C@]43C)[C@@H]12. The molecule has 5 saturated carbocycles. The van der Waals surface area contributed by atoms with E-state index in [1.54, 1.807) is 6.92 Å². The molecule has 36 heavy (non-hydrogen) atoms. The van der Waals surface area contributed by atoms with Crippen molar-refractivity contribution in [2.24, 2.45) is 56.7 Å². The van der Waals surface area contributed by atoms with Gasteiger partial charge in [-0.15, -0.1) is 0 Å². The number of hydrogen-bond donors (Lipinski definition) is 4. The number of rotatable bonds is 4. The van der Waals surface area contributed by atoms with Crippen LogP contribution in [0.3, 0.4) is 0 Å². The maximum absolute atomic E-state index is 12.8. The normalized spacial score (nSPS) is 53.9. The summed E-state index contributed by atoms with van der Waals surface area (Å²) in [7, 11) is 0. The smallest absolute Gasteiger partial charge is 0.312 e. The van der Waals surface area contributed by atoms with Crippen molar-refractivity contribution in [3.8, 4) is 0 Å². The first-order chi connectivity index (χ1) is 16.7. The van der Waals surface area contributed by atoms with Crippen LogP contribution in [-0.4, -0.2) is 45.1 Å². The Balaban J connectivity index is 1.57. The second-order valence-corrected chi connectivity index (χ2v) is 14.3. The summed E-state index contributed by atoms with van der Waals surface area (Å²) in [5, 5.41) is 41.6. The highest BCUT2D eigenvalue weighted by molar-refractivity contribution is 5.76. The molecular formula is C30H46O6. The van der Waals surface area contributed by atoms with Gasteiger partial charge in [-0.1, -0.05) is 27.4 Å². The molecule has 5 aliphatic rings. The second kappa shape index (κ2) is 8.05. The van der Waals surface area contributed by atoms with Gasteiger partial charge in [0, 0.05) is 0 Å². The van der Waals surface area contributed by atoms with Crippen LogP contribution in [0.1, 0.15) is 91.9 Å². The predicted octanol–water partition coefficient (Wildman–Crippen LogP) is 5.13. The van der Waals surface area contributed by atoms with E-state index < -0.39 is 28.9 Å². The number of carbonyl (C=O) groups is 2. The van der Waals surface area contributed by atoms with Gasteiger partial charge in [0.1, 0.15) is 0 Å². The summed E-state index contributed by atoms with van der Waals surface area (Å²) in [4.78, 5) is 25.3. The van der Waals surface area contributed by atoms with Gasteiger partial charge in [-0.2, -0.15) is 0 Å². The number of hydrogen-bond acceptors (Lipinski definition) is 4. The van der Waals surface area contributed by atoms with E-state index >= 15 is 0 Å². The minimum atomic E-state index is -1.13. The molecule has 0 aromatic carbocycles. The van der Waals surface area contributed by atoms with Crippen LogP contribution in [0.5, 0.6) is 0 Å². The van der Waals surface area contributed by atoms with Crippen molar-refractivity contribution in [3.05, 3.63) is 12.2 Å². The molecule has 0 aliphatic heterocycles. The van der Waals surface area contributed by atoms with Crippen LogP contribution >= 0.6 is 0 Å². The molecule has 0 spiro atoms. The van der Waals surface area contributed by atoms with E-state index in [0.717, 1.165) is 50.5 Å². The molecule has 4 N–H and O–H groups in total. The summed E-state index contributed by atoms with van der Waals surface area (Å²) in [5.41, 5.74) is -1.32. The molecule has 0 amide bonds. The van der Waals surface area contributed by atoms with Crippen molar-refractivity contribution in [2.75, 3.05) is 6.61 Å². The van der Waals surface area contributed by atoms with E-state index in [1.165, 1.54) is 0 Å². The highest BCUT2D eigenvalue weighted by Gasteiger charge is 2.73. The number of aliphatic carboxylic acids is 2. The molecular weight excluding hydrogens is 456 g/mol. The molecule has 0 bridgehead atoms. The summed E-state index contributed by atoms with van der Waals surface area (Å²) >= 11 is 0. The first kappa shape index (κ1) is 26.2. The van der Waals surface area contributed by atoms with Crippen molar-refractivity contribution >= 4 is 11.9 Å². The van der Waals surface area contributed by atoms with Crippen molar-refractivity contribution in [2.45, 2.75) is 98.0 Å². The molecule has 6 nitrogen and oxygen atoms in total. The Morgan fingerprint density at radius 1 is 0.806 bits per heavy atom. The van der Waals surface area contributed by atoms with E-state index in [-0.39, 0.29) is 46.5 Å². The fourth-order valence-corrected chi connectivity index (χ4v) is 11.5. The number of carboxylic acids is 2. The third-order valence-electron chi connectivity index (χ3n) is 13.7. The highest BCUT2D eigenvalue weighted by atomic mass is 16.4. The van der Waals surface area contributed by atoms with Crippen molar-refractivity contribution in [1.29, 1.82) is 0 Å². The maximum Gasteiger partial charge on any atom is 0.312 e. The van der Waals surface area contributed by atoms with Crippen LogP contribution in [-0.2, 0) is 9.59 Å². The molecule has 0 unspecified atom stereocenters. The van der Waals surface area contributed by atoms with Crippen LogP contribution in [0.2, 0.25) is 0 Å². The molecule has 11 atom stereocenters. The van der Waals surface area contributed by atoms with Crippen LogP contribution in [0.4, 0.5) is 0 Å². The van der Waals surface area contributed by atoms with Crippen molar-refractivity contribution in [3.63, 3.8) is 0 Å². The second-order valence-electron chi connectivity index (χ2n) is 14.3. The van der Waals surface area contributed by atoms with E-state index in [0.29, 0.717) is 25.2 Å². The molecule has 0 aromatic heterocycles. The van der Waals surface area contributed by atoms with Gasteiger partial charge in [0.15, 0.2) is 0 Å². The zero-order valence-electron chi connectivity index (χ0n) is 22.6. The Morgan fingerprint density at radius 3 is 2.11 bits per heavy atom. The molecule has 6 heteroatoms. The van der Waals surface area contributed by atoms with Gasteiger partial charge >= 0.3 is 11.9 Å². The zero-order valence-corrected chi connectivity index (χ0v) is 22.6. The Bertz CT molecular complexity index is 976. The maximum atomic E-state index is 12.8. The fourth-order valence-electron chi connectivity index (χ4n) is 11.5. The topological polar surface area (TPSA) is 115 Å². The summed E-state index contributed by atoms with van der Waals surface area (Å²) < 4.78 is 0. The van der Waals surface area contributed by atoms with Crippen molar-refractivity contribution < 1.29 is 30.0 Å². The zero-order chi connectivity index (χ0) is 26.5. The number of aliphatic hydroxyl groups is 2. The van der Waals surface area contributed by atoms with Gasteiger partial charge < -0.3 is 20.4 Å². The van der Waals surface area contributed by atoms with Gasteiger partial charge in [0.2, 0.25) is 0 Å². The summed E-state index contributed by atoms with van der Waals surface area (Å²) in [6.45, 7) is 13.0. The third-order valence-corrected chi connectivity index (χ3v) is 13.7. The lowest BCUT2D eigenvalue weighted by Crippen LogP contribution is -2.68. The first-order valence-corrected chi connectivity index (χ1v) is 14.2. The van der Waals surface area contributed by atoms with E-state index in [2.05, 4.69) is 27.4 Å². The number of aliphatic hydroxyl groups excluding tert-OH is 2. The van der Waals surface area contributed by atoms with Crippen LogP contribution in [0.15, 0.2) is 12.2 Å². The van der Waals surface area contributed by atoms with Gasteiger partial charge in [-0.25, -0.2) is 0 Å². The molecule has 5 rings (SSSR count). The average molecular weight is 503 g/mol. The third kappa shape index (κ3) is 2.92. The Kier molecular flexibility index (Phi) is 5.86. The lowest BCUT2D eigenvalue weighted by Gasteiger charge is -2.72. The predicted molar refractivity (Wildman–Crippen MR) is 136 cm³/mol. The van der Waals surface area contributed by atoms with Crippen LogP contribution in [0.25, 0.3) is 0 Å². The van der Waals surface area contributed by atoms with E-state index in [9.17, 15) is 30.0 Å². The summed E-state index contributed by atoms with van der Waals surface area (Å²) in [6, 6.07) is 0. The standard InChI is InChI=1S/C30H46O6/c1-17(16-31)18-8-13-30(25(35)36)15-14-27(3)19(23(18)30)6-7-20-26(2)11-10-22(32)29(5,24(33)34)21(26)9-12-28(20,27)4/h18-23,31-32H,1,6-16H2,2-5H3,(H,33,34)(H,35,36)/t18-,19+,20+,21+,22+,23+,26+,27+,28+,29+,30-/m0/s1.